The maximum Gasteiger partial charge on any atom is 0.247 e. The van der Waals surface area contributed by atoms with Crippen molar-refractivity contribution in [3.05, 3.63) is 59.0 Å². The van der Waals surface area contributed by atoms with Gasteiger partial charge in [-0.05, 0) is 17.7 Å². The number of fused-ring (bicyclic) bond motifs is 1. The fraction of sp³-hybridized carbons (Fsp3) is 0.0588. The third-order valence-corrected chi connectivity index (χ3v) is 7.21. The Labute approximate surface area is 158 Å². The molecule has 4 aromatic rings. The lowest BCUT2D eigenvalue weighted by Gasteiger charge is -2.07. The number of sulfonamides is 1. The van der Waals surface area contributed by atoms with E-state index in [0.29, 0.717) is 6.54 Å². The van der Waals surface area contributed by atoms with Crippen LogP contribution in [-0.2, 0) is 16.6 Å². The summed E-state index contributed by atoms with van der Waals surface area (Å²) in [5, 5.41) is 11.5. The fourth-order valence-electron chi connectivity index (χ4n) is 2.62. The van der Waals surface area contributed by atoms with Crippen LogP contribution in [0.2, 0.25) is 0 Å². The minimum Gasteiger partial charge on any atom is -0.365 e. The zero-order valence-corrected chi connectivity index (χ0v) is 15.9. The zero-order chi connectivity index (χ0) is 18.1. The van der Waals surface area contributed by atoms with Crippen LogP contribution in [0.25, 0.3) is 21.3 Å². The number of primary sulfonamides is 1. The van der Waals surface area contributed by atoms with Gasteiger partial charge in [0.1, 0.15) is 21.2 Å². The number of aromatic nitrogens is 2. The highest BCUT2D eigenvalue weighted by Gasteiger charge is 2.14. The van der Waals surface area contributed by atoms with E-state index in [1.54, 1.807) is 17.4 Å². The molecule has 0 bridgehead atoms. The number of anilines is 1. The molecule has 1 aromatic carbocycles. The van der Waals surface area contributed by atoms with Gasteiger partial charge in [0.25, 0.3) is 0 Å². The van der Waals surface area contributed by atoms with E-state index >= 15 is 0 Å². The SMILES string of the molecule is NS(=O)(=O)c1ccc(CNc2ncnc3scc(-c4ccccc4)c23)s1. The summed E-state index contributed by atoms with van der Waals surface area (Å²) in [6, 6.07) is 13.3. The number of nitrogens with two attached hydrogens (primary N) is 1. The topological polar surface area (TPSA) is 98.0 Å². The normalized spacial score (nSPS) is 11.7. The fourth-order valence-corrected chi connectivity index (χ4v) is 5.25. The van der Waals surface area contributed by atoms with E-state index in [1.807, 2.05) is 18.2 Å². The predicted octanol–water partition coefficient (Wildman–Crippen LogP) is 3.68. The van der Waals surface area contributed by atoms with Crippen LogP contribution >= 0.6 is 22.7 Å². The van der Waals surface area contributed by atoms with Crippen LogP contribution < -0.4 is 10.5 Å². The molecule has 0 aliphatic heterocycles. The second-order valence-corrected chi connectivity index (χ2v) is 9.35. The summed E-state index contributed by atoms with van der Waals surface area (Å²) in [4.78, 5) is 10.5. The van der Waals surface area contributed by atoms with Crippen molar-refractivity contribution in [3.8, 4) is 11.1 Å². The van der Waals surface area contributed by atoms with Gasteiger partial charge in [0.05, 0.1) is 11.9 Å². The van der Waals surface area contributed by atoms with Crippen molar-refractivity contribution in [2.45, 2.75) is 10.8 Å². The first-order valence-electron chi connectivity index (χ1n) is 7.65. The molecule has 0 saturated carbocycles. The lowest BCUT2D eigenvalue weighted by molar-refractivity contribution is 0.600. The Morgan fingerprint density at radius 3 is 2.62 bits per heavy atom. The monoisotopic (exact) mass is 402 g/mol. The highest BCUT2D eigenvalue weighted by atomic mass is 32.2. The van der Waals surface area contributed by atoms with E-state index in [4.69, 9.17) is 5.14 Å². The number of hydrogen-bond acceptors (Lipinski definition) is 7. The summed E-state index contributed by atoms with van der Waals surface area (Å²) in [7, 11) is -3.67. The smallest absolute Gasteiger partial charge is 0.247 e. The molecule has 9 heteroatoms. The van der Waals surface area contributed by atoms with Crippen LogP contribution in [0, 0.1) is 0 Å². The van der Waals surface area contributed by atoms with E-state index in [0.717, 1.165) is 43.4 Å². The average molecular weight is 403 g/mol. The van der Waals surface area contributed by atoms with Crippen molar-refractivity contribution in [1.82, 2.24) is 9.97 Å². The standard InChI is InChI=1S/C17H14N4O2S3/c18-26(22,23)14-7-6-12(25-14)8-19-16-15-13(11-4-2-1-3-5-11)9-24-17(15)21-10-20-16/h1-7,9-10H,8H2,(H2,18,22,23)(H,19,20,21). The Morgan fingerprint density at radius 1 is 1.08 bits per heavy atom. The largest absolute Gasteiger partial charge is 0.365 e. The Kier molecular flexibility index (Phi) is 4.45. The number of benzene rings is 1. The second kappa shape index (κ2) is 6.76. The van der Waals surface area contributed by atoms with Crippen LogP contribution in [0.3, 0.4) is 0 Å². The number of nitrogens with one attached hydrogen (secondary N) is 1. The van der Waals surface area contributed by atoms with Crippen LogP contribution in [0.1, 0.15) is 4.88 Å². The third-order valence-electron chi connectivity index (χ3n) is 3.80. The summed E-state index contributed by atoms with van der Waals surface area (Å²) in [6.45, 7) is 0.455. The first kappa shape index (κ1) is 17.1. The van der Waals surface area contributed by atoms with E-state index in [9.17, 15) is 8.42 Å². The Balaban J connectivity index is 1.67. The van der Waals surface area contributed by atoms with E-state index in [1.165, 1.54) is 12.4 Å². The van der Waals surface area contributed by atoms with Crippen molar-refractivity contribution in [2.24, 2.45) is 5.14 Å². The Bertz CT molecular complexity index is 1170. The van der Waals surface area contributed by atoms with Crippen molar-refractivity contribution in [3.63, 3.8) is 0 Å². The molecule has 3 N–H and O–H groups in total. The van der Waals surface area contributed by atoms with Crippen molar-refractivity contribution < 1.29 is 8.42 Å². The maximum atomic E-state index is 11.4. The van der Waals surface area contributed by atoms with E-state index in [2.05, 4.69) is 32.8 Å². The minimum absolute atomic E-state index is 0.155. The molecule has 0 spiro atoms. The molecule has 0 radical (unpaired) electrons. The van der Waals surface area contributed by atoms with Gasteiger partial charge in [0.2, 0.25) is 10.0 Å². The third kappa shape index (κ3) is 3.34. The maximum absolute atomic E-state index is 11.4. The van der Waals surface area contributed by atoms with Gasteiger partial charge in [-0.2, -0.15) is 0 Å². The van der Waals surface area contributed by atoms with Gasteiger partial charge in [-0.25, -0.2) is 23.5 Å². The summed E-state index contributed by atoms with van der Waals surface area (Å²) in [6.07, 6.45) is 1.53. The van der Waals surface area contributed by atoms with Crippen LogP contribution in [0.4, 0.5) is 5.82 Å². The molecule has 0 aliphatic carbocycles. The molecule has 3 heterocycles. The number of rotatable bonds is 5. The average Bonchev–Trinajstić information content (AvgIpc) is 3.28. The van der Waals surface area contributed by atoms with E-state index in [-0.39, 0.29) is 4.21 Å². The van der Waals surface area contributed by atoms with Crippen molar-refractivity contribution >= 4 is 48.7 Å². The van der Waals surface area contributed by atoms with Crippen LogP contribution in [-0.4, -0.2) is 18.4 Å². The highest BCUT2D eigenvalue weighted by Crippen LogP contribution is 2.36. The first-order chi connectivity index (χ1) is 12.5. The van der Waals surface area contributed by atoms with E-state index < -0.39 is 10.0 Å². The van der Waals surface area contributed by atoms with Gasteiger partial charge in [-0.1, -0.05) is 30.3 Å². The van der Waals surface area contributed by atoms with Gasteiger partial charge in [-0.15, -0.1) is 22.7 Å². The molecule has 0 amide bonds. The van der Waals surface area contributed by atoms with Gasteiger partial charge < -0.3 is 5.32 Å². The molecule has 0 saturated heterocycles. The molecular weight excluding hydrogens is 388 g/mol. The molecule has 6 nitrogen and oxygen atoms in total. The molecule has 0 fully saturated rings. The quantitative estimate of drug-likeness (QED) is 0.531. The summed E-state index contributed by atoms with van der Waals surface area (Å²) in [5.74, 6) is 0.723. The van der Waals surface area contributed by atoms with Crippen molar-refractivity contribution in [2.75, 3.05) is 5.32 Å². The summed E-state index contributed by atoms with van der Waals surface area (Å²) in [5.41, 5.74) is 2.18. The summed E-state index contributed by atoms with van der Waals surface area (Å²) < 4.78 is 23.0. The van der Waals surface area contributed by atoms with Gasteiger partial charge in [0.15, 0.2) is 0 Å². The molecular formula is C17H14N4O2S3. The molecule has 4 rings (SSSR count). The zero-order valence-electron chi connectivity index (χ0n) is 13.4. The lowest BCUT2D eigenvalue weighted by Crippen LogP contribution is -2.09. The number of thiophene rings is 2. The molecule has 26 heavy (non-hydrogen) atoms. The first-order valence-corrected chi connectivity index (χ1v) is 10.9. The van der Waals surface area contributed by atoms with Crippen molar-refractivity contribution in [1.29, 1.82) is 0 Å². The van der Waals surface area contributed by atoms with Gasteiger partial charge in [-0.3, -0.25) is 0 Å². The summed E-state index contributed by atoms with van der Waals surface area (Å²) >= 11 is 2.72. The molecule has 0 aliphatic rings. The molecule has 132 valence electrons. The minimum atomic E-state index is -3.67. The second-order valence-electron chi connectivity index (χ2n) is 5.54. The highest BCUT2D eigenvalue weighted by molar-refractivity contribution is 7.91. The van der Waals surface area contributed by atoms with Gasteiger partial charge in [0, 0.05) is 15.8 Å². The molecule has 0 unspecified atom stereocenters. The van der Waals surface area contributed by atoms with Crippen LogP contribution in [0.5, 0.6) is 0 Å². The molecule has 3 aromatic heterocycles. The lowest BCUT2D eigenvalue weighted by atomic mass is 10.1. The Morgan fingerprint density at radius 2 is 1.88 bits per heavy atom. The Hall–Kier alpha value is -2.33. The predicted molar refractivity (Wildman–Crippen MR) is 106 cm³/mol. The molecule has 0 atom stereocenters. The number of hydrogen-bond donors (Lipinski definition) is 2. The van der Waals surface area contributed by atoms with Gasteiger partial charge >= 0.3 is 0 Å². The number of nitrogens with zero attached hydrogens (tertiary/aromatic N) is 2. The van der Waals surface area contributed by atoms with Crippen LogP contribution in [0.15, 0.2) is 58.4 Å².